The number of anilines is 1. The van der Waals surface area contributed by atoms with Crippen LogP contribution in [0.15, 0.2) is 24.3 Å². The SMILES string of the molecule is COCc1cccc(-c2nc(C(C)(C)C)n(C)c2N)c1. The largest absolute Gasteiger partial charge is 0.383 e. The zero-order chi connectivity index (χ0) is 14.9. The average Bonchev–Trinajstić information content (AvgIpc) is 2.67. The highest BCUT2D eigenvalue weighted by molar-refractivity contribution is 5.71. The molecule has 20 heavy (non-hydrogen) atoms. The van der Waals surface area contributed by atoms with E-state index in [-0.39, 0.29) is 5.41 Å². The Morgan fingerprint density at radius 2 is 2.00 bits per heavy atom. The maximum absolute atomic E-state index is 6.23. The average molecular weight is 273 g/mol. The number of benzene rings is 1. The first-order chi connectivity index (χ1) is 9.34. The van der Waals surface area contributed by atoms with Crippen molar-refractivity contribution in [3.63, 3.8) is 0 Å². The van der Waals surface area contributed by atoms with Crippen molar-refractivity contribution >= 4 is 5.82 Å². The van der Waals surface area contributed by atoms with E-state index >= 15 is 0 Å². The van der Waals surface area contributed by atoms with Gasteiger partial charge >= 0.3 is 0 Å². The minimum Gasteiger partial charge on any atom is -0.383 e. The van der Waals surface area contributed by atoms with Crippen molar-refractivity contribution in [2.24, 2.45) is 7.05 Å². The quantitative estimate of drug-likeness (QED) is 0.934. The molecule has 2 N–H and O–H groups in total. The van der Waals surface area contributed by atoms with E-state index in [4.69, 9.17) is 15.5 Å². The second kappa shape index (κ2) is 5.29. The summed E-state index contributed by atoms with van der Waals surface area (Å²) < 4.78 is 7.15. The number of hydrogen-bond acceptors (Lipinski definition) is 3. The van der Waals surface area contributed by atoms with E-state index in [2.05, 4.69) is 26.8 Å². The first-order valence-electron chi connectivity index (χ1n) is 6.75. The fraction of sp³-hybridized carbons (Fsp3) is 0.438. The van der Waals surface area contributed by atoms with Crippen LogP contribution in [0.25, 0.3) is 11.3 Å². The molecule has 1 aromatic heterocycles. The summed E-state index contributed by atoms with van der Waals surface area (Å²) in [7, 11) is 3.66. The van der Waals surface area contributed by atoms with Gasteiger partial charge in [0.25, 0.3) is 0 Å². The summed E-state index contributed by atoms with van der Waals surface area (Å²) in [6, 6.07) is 8.16. The molecule has 108 valence electrons. The number of rotatable bonds is 3. The molecule has 0 saturated heterocycles. The number of nitrogens with zero attached hydrogens (tertiary/aromatic N) is 2. The molecule has 0 bridgehead atoms. The molecule has 0 atom stereocenters. The second-order valence-electron chi connectivity index (χ2n) is 6.11. The predicted molar refractivity (Wildman–Crippen MR) is 82.5 cm³/mol. The Balaban J connectivity index is 2.51. The fourth-order valence-electron chi connectivity index (χ4n) is 2.37. The van der Waals surface area contributed by atoms with E-state index in [1.165, 1.54) is 0 Å². The van der Waals surface area contributed by atoms with Crippen LogP contribution in [0.5, 0.6) is 0 Å². The number of hydrogen-bond donors (Lipinski definition) is 1. The van der Waals surface area contributed by atoms with Crippen LogP contribution in [0.1, 0.15) is 32.2 Å². The van der Waals surface area contributed by atoms with Crippen LogP contribution < -0.4 is 5.73 Å². The third-order valence-electron chi connectivity index (χ3n) is 3.32. The van der Waals surface area contributed by atoms with Crippen LogP contribution in [0.4, 0.5) is 5.82 Å². The lowest BCUT2D eigenvalue weighted by atomic mass is 9.96. The summed E-state index contributed by atoms with van der Waals surface area (Å²) in [5.74, 6) is 1.69. The number of ether oxygens (including phenoxy) is 1. The van der Waals surface area contributed by atoms with E-state index in [9.17, 15) is 0 Å². The normalized spacial score (nSPS) is 11.8. The third kappa shape index (κ3) is 2.70. The standard InChI is InChI=1S/C16H23N3O/c1-16(2,3)15-18-13(14(17)19(15)4)12-8-6-7-11(9-12)10-20-5/h6-9H,10,17H2,1-5H3. The van der Waals surface area contributed by atoms with Gasteiger partial charge in [-0.15, -0.1) is 0 Å². The molecule has 4 heteroatoms. The molecule has 0 unspecified atom stereocenters. The molecule has 0 fully saturated rings. The summed E-state index contributed by atoms with van der Waals surface area (Å²) >= 11 is 0. The van der Waals surface area contributed by atoms with Gasteiger partial charge in [-0.1, -0.05) is 39.0 Å². The van der Waals surface area contributed by atoms with Gasteiger partial charge in [0.2, 0.25) is 0 Å². The van der Waals surface area contributed by atoms with Gasteiger partial charge in [0.05, 0.1) is 6.61 Å². The van der Waals surface area contributed by atoms with Gasteiger partial charge in [0, 0.05) is 25.1 Å². The molecule has 0 saturated carbocycles. The van der Waals surface area contributed by atoms with Gasteiger partial charge in [0.15, 0.2) is 0 Å². The van der Waals surface area contributed by atoms with E-state index in [1.807, 2.05) is 29.8 Å². The van der Waals surface area contributed by atoms with E-state index in [0.717, 1.165) is 22.6 Å². The van der Waals surface area contributed by atoms with Gasteiger partial charge < -0.3 is 15.0 Å². The van der Waals surface area contributed by atoms with Gasteiger partial charge in [0.1, 0.15) is 17.3 Å². The number of nitrogens with two attached hydrogens (primary N) is 1. The summed E-state index contributed by atoms with van der Waals surface area (Å²) in [4.78, 5) is 4.75. The summed E-state index contributed by atoms with van der Waals surface area (Å²) in [5.41, 5.74) is 9.18. The Bertz CT molecular complexity index is 609. The Hall–Kier alpha value is -1.81. The molecule has 0 spiro atoms. The minimum absolute atomic E-state index is 0.0364. The van der Waals surface area contributed by atoms with E-state index in [0.29, 0.717) is 12.4 Å². The molecule has 0 radical (unpaired) electrons. The first-order valence-corrected chi connectivity index (χ1v) is 6.75. The third-order valence-corrected chi connectivity index (χ3v) is 3.32. The van der Waals surface area contributed by atoms with Crippen molar-refractivity contribution in [1.29, 1.82) is 0 Å². The highest BCUT2D eigenvalue weighted by atomic mass is 16.5. The summed E-state index contributed by atoms with van der Waals surface area (Å²) in [5, 5.41) is 0. The van der Waals surface area contributed by atoms with Crippen molar-refractivity contribution in [3.05, 3.63) is 35.7 Å². The smallest absolute Gasteiger partial charge is 0.131 e. The van der Waals surface area contributed by atoms with Crippen LogP contribution in [0.3, 0.4) is 0 Å². The predicted octanol–water partition coefficient (Wildman–Crippen LogP) is 3.11. The minimum atomic E-state index is -0.0364. The van der Waals surface area contributed by atoms with Crippen LogP contribution in [0, 0.1) is 0 Å². The van der Waals surface area contributed by atoms with E-state index in [1.54, 1.807) is 7.11 Å². The Labute approximate surface area is 120 Å². The number of nitrogen functional groups attached to an aromatic ring is 1. The zero-order valence-electron chi connectivity index (χ0n) is 12.9. The number of methoxy groups -OCH3 is 1. The molecular formula is C16H23N3O. The topological polar surface area (TPSA) is 53.1 Å². The molecule has 2 aromatic rings. The van der Waals surface area contributed by atoms with Crippen LogP contribution >= 0.6 is 0 Å². The first kappa shape index (κ1) is 14.6. The molecule has 0 aliphatic rings. The zero-order valence-corrected chi connectivity index (χ0v) is 12.9. The van der Waals surface area contributed by atoms with Gasteiger partial charge in [-0.05, 0) is 11.6 Å². The highest BCUT2D eigenvalue weighted by Gasteiger charge is 2.23. The lowest BCUT2D eigenvalue weighted by Crippen LogP contribution is -2.17. The summed E-state index contributed by atoms with van der Waals surface area (Å²) in [6.07, 6.45) is 0. The van der Waals surface area contributed by atoms with Crippen molar-refractivity contribution in [2.45, 2.75) is 32.8 Å². The monoisotopic (exact) mass is 273 g/mol. The Kier molecular flexibility index (Phi) is 3.86. The number of aromatic nitrogens is 2. The molecule has 2 rings (SSSR count). The maximum atomic E-state index is 6.23. The Morgan fingerprint density at radius 1 is 1.30 bits per heavy atom. The Morgan fingerprint density at radius 3 is 2.55 bits per heavy atom. The van der Waals surface area contributed by atoms with Crippen molar-refractivity contribution in [3.8, 4) is 11.3 Å². The number of imidazole rings is 1. The second-order valence-corrected chi connectivity index (χ2v) is 6.11. The molecule has 1 heterocycles. The van der Waals surface area contributed by atoms with Crippen molar-refractivity contribution in [2.75, 3.05) is 12.8 Å². The molecule has 0 aliphatic carbocycles. The van der Waals surface area contributed by atoms with Gasteiger partial charge in [-0.2, -0.15) is 0 Å². The fourth-order valence-corrected chi connectivity index (χ4v) is 2.37. The molecule has 0 aliphatic heterocycles. The highest BCUT2D eigenvalue weighted by Crippen LogP contribution is 2.31. The molecule has 1 aromatic carbocycles. The molecular weight excluding hydrogens is 250 g/mol. The van der Waals surface area contributed by atoms with Crippen LogP contribution in [-0.4, -0.2) is 16.7 Å². The van der Waals surface area contributed by atoms with Crippen LogP contribution in [0.2, 0.25) is 0 Å². The van der Waals surface area contributed by atoms with E-state index < -0.39 is 0 Å². The van der Waals surface area contributed by atoms with Crippen molar-refractivity contribution in [1.82, 2.24) is 9.55 Å². The van der Waals surface area contributed by atoms with Crippen molar-refractivity contribution < 1.29 is 4.74 Å². The van der Waals surface area contributed by atoms with Gasteiger partial charge in [-0.25, -0.2) is 4.98 Å². The molecule has 0 amide bonds. The van der Waals surface area contributed by atoms with Gasteiger partial charge in [-0.3, -0.25) is 0 Å². The summed E-state index contributed by atoms with van der Waals surface area (Å²) in [6.45, 7) is 7.01. The lowest BCUT2D eigenvalue weighted by molar-refractivity contribution is 0.185. The van der Waals surface area contributed by atoms with Crippen LogP contribution in [-0.2, 0) is 23.8 Å². The lowest BCUT2D eigenvalue weighted by Gasteiger charge is -2.17. The molecule has 4 nitrogen and oxygen atoms in total. The maximum Gasteiger partial charge on any atom is 0.131 e.